The van der Waals surface area contributed by atoms with Gasteiger partial charge in [0.05, 0.1) is 6.42 Å². The second-order valence-corrected chi connectivity index (χ2v) is 8.89. The second kappa shape index (κ2) is 7.11. The number of likely N-dealkylation sites (tertiary alicyclic amines) is 1. The molecule has 4 heterocycles. The lowest BCUT2D eigenvalue weighted by molar-refractivity contribution is -0.133. The Morgan fingerprint density at radius 1 is 1.10 bits per heavy atom. The fourth-order valence-corrected chi connectivity index (χ4v) is 5.14. The van der Waals surface area contributed by atoms with Gasteiger partial charge in [0.2, 0.25) is 11.0 Å². The number of piperidine rings is 1. The molecule has 148 valence electrons. The number of hydrogen-bond donors (Lipinski definition) is 1. The van der Waals surface area contributed by atoms with Crippen molar-refractivity contribution in [1.29, 1.82) is 0 Å². The Labute approximate surface area is 171 Å². The number of carbonyl (C=O) groups excluding carboxylic acids is 1. The van der Waals surface area contributed by atoms with Crippen LogP contribution in [0.2, 0.25) is 0 Å². The van der Waals surface area contributed by atoms with Crippen molar-refractivity contribution in [2.45, 2.75) is 25.3 Å². The number of benzene rings is 1. The van der Waals surface area contributed by atoms with E-state index in [1.54, 1.807) is 6.07 Å². The maximum Gasteiger partial charge on any atom is 0.251 e. The van der Waals surface area contributed by atoms with Crippen molar-refractivity contribution in [1.82, 2.24) is 19.7 Å². The van der Waals surface area contributed by atoms with Gasteiger partial charge in [-0.1, -0.05) is 41.7 Å². The van der Waals surface area contributed by atoms with Crippen LogP contribution in [0.1, 0.15) is 23.0 Å². The zero-order chi connectivity index (χ0) is 20.0. The minimum absolute atomic E-state index is 0.0418. The third-order valence-electron chi connectivity index (χ3n) is 5.80. The summed E-state index contributed by atoms with van der Waals surface area (Å²) >= 11 is 1.25. The molecule has 2 aliphatic rings. The van der Waals surface area contributed by atoms with Crippen molar-refractivity contribution in [3.8, 4) is 11.1 Å². The predicted octanol–water partition coefficient (Wildman–Crippen LogP) is 2.14. The van der Waals surface area contributed by atoms with Gasteiger partial charge in [0.25, 0.3) is 5.56 Å². The molecule has 29 heavy (non-hydrogen) atoms. The molecular formula is C21H21N5O2S. The summed E-state index contributed by atoms with van der Waals surface area (Å²) in [6.45, 7) is 1.96. The summed E-state index contributed by atoms with van der Waals surface area (Å²) in [6, 6.07) is 13.8. The van der Waals surface area contributed by atoms with Crippen molar-refractivity contribution < 1.29 is 4.79 Å². The topological polar surface area (TPSA) is 94.1 Å². The molecule has 2 aromatic heterocycles. The van der Waals surface area contributed by atoms with E-state index in [9.17, 15) is 9.59 Å². The van der Waals surface area contributed by atoms with Crippen molar-refractivity contribution >= 4 is 22.4 Å². The molecule has 5 rings (SSSR count). The van der Waals surface area contributed by atoms with Gasteiger partial charge in [-0.15, -0.1) is 10.2 Å². The number of nitrogens with two attached hydrogens (primary N) is 1. The highest BCUT2D eigenvalue weighted by Crippen LogP contribution is 2.36. The first kappa shape index (κ1) is 18.1. The Morgan fingerprint density at radius 2 is 1.93 bits per heavy atom. The van der Waals surface area contributed by atoms with Gasteiger partial charge >= 0.3 is 0 Å². The number of anilines is 1. The number of nitrogen functional groups attached to an aromatic ring is 1. The Balaban J connectivity index is 1.42. The van der Waals surface area contributed by atoms with Gasteiger partial charge in [-0.25, -0.2) is 0 Å². The monoisotopic (exact) mass is 407 g/mol. The predicted molar refractivity (Wildman–Crippen MR) is 112 cm³/mol. The lowest BCUT2D eigenvalue weighted by Gasteiger charge is -2.43. The number of pyridine rings is 1. The molecule has 1 saturated heterocycles. The zero-order valence-electron chi connectivity index (χ0n) is 15.8. The number of aromatic nitrogens is 3. The Morgan fingerprint density at radius 3 is 2.69 bits per heavy atom. The van der Waals surface area contributed by atoms with Crippen LogP contribution in [-0.2, 0) is 17.8 Å². The number of amides is 1. The molecule has 1 amide bonds. The van der Waals surface area contributed by atoms with E-state index >= 15 is 0 Å². The average molecular weight is 407 g/mol. The zero-order valence-corrected chi connectivity index (χ0v) is 16.6. The van der Waals surface area contributed by atoms with Gasteiger partial charge in [0.1, 0.15) is 5.01 Å². The second-order valence-electron chi connectivity index (χ2n) is 7.79. The van der Waals surface area contributed by atoms with Crippen LogP contribution in [0.3, 0.4) is 0 Å². The number of carbonyl (C=O) groups is 1. The molecular weight excluding hydrogens is 386 g/mol. The number of nitrogens with zero attached hydrogens (tertiary/aromatic N) is 4. The Kier molecular flexibility index (Phi) is 4.43. The Hall–Kier alpha value is -3.00. The van der Waals surface area contributed by atoms with E-state index in [4.69, 9.17) is 5.73 Å². The molecule has 2 bridgehead atoms. The number of fused-ring (bicyclic) bond motifs is 4. The number of rotatable bonds is 3. The molecule has 2 N–H and O–H groups in total. The fraction of sp³-hybridized carbons (Fsp3) is 0.333. The summed E-state index contributed by atoms with van der Waals surface area (Å²) in [7, 11) is 0. The minimum Gasteiger partial charge on any atom is -0.374 e. The summed E-state index contributed by atoms with van der Waals surface area (Å²) in [5.74, 6) is 0.512. The molecule has 1 fully saturated rings. The van der Waals surface area contributed by atoms with Crippen LogP contribution >= 0.6 is 11.3 Å². The van der Waals surface area contributed by atoms with Crippen LogP contribution in [0.5, 0.6) is 0 Å². The molecule has 2 aliphatic heterocycles. The van der Waals surface area contributed by atoms with Gasteiger partial charge < -0.3 is 15.2 Å². The van der Waals surface area contributed by atoms with E-state index in [1.807, 2.05) is 39.8 Å². The summed E-state index contributed by atoms with van der Waals surface area (Å²) < 4.78 is 1.90. The summed E-state index contributed by atoms with van der Waals surface area (Å²) in [5.41, 5.74) is 8.67. The van der Waals surface area contributed by atoms with Crippen LogP contribution in [0.25, 0.3) is 11.1 Å². The van der Waals surface area contributed by atoms with Crippen LogP contribution in [0.4, 0.5) is 5.13 Å². The molecule has 0 radical (unpaired) electrons. The van der Waals surface area contributed by atoms with Gasteiger partial charge in [-0.05, 0) is 29.5 Å². The SMILES string of the molecule is Nc1nnc(CC(=O)N2C[C@@H]3C[C@H](C2)c2cc(-c4ccccc4)cc(=O)n2C3)s1. The van der Waals surface area contributed by atoms with Gasteiger partial charge in [-0.3, -0.25) is 9.59 Å². The van der Waals surface area contributed by atoms with E-state index in [1.165, 1.54) is 11.3 Å². The normalized spacial score (nSPS) is 20.3. The first-order valence-corrected chi connectivity index (χ1v) is 10.5. The quantitative estimate of drug-likeness (QED) is 0.718. The van der Waals surface area contributed by atoms with E-state index < -0.39 is 0 Å². The van der Waals surface area contributed by atoms with Crippen molar-refractivity contribution in [2.75, 3.05) is 18.8 Å². The fourth-order valence-electron chi connectivity index (χ4n) is 4.54. The summed E-state index contributed by atoms with van der Waals surface area (Å²) in [6.07, 6.45) is 1.23. The van der Waals surface area contributed by atoms with Gasteiger partial charge in [-0.2, -0.15) is 0 Å². The molecule has 8 heteroatoms. The first-order chi connectivity index (χ1) is 14.1. The average Bonchev–Trinajstić information content (AvgIpc) is 3.13. The molecule has 0 saturated carbocycles. The highest BCUT2D eigenvalue weighted by molar-refractivity contribution is 7.15. The van der Waals surface area contributed by atoms with E-state index in [-0.39, 0.29) is 23.8 Å². The highest BCUT2D eigenvalue weighted by atomic mass is 32.1. The molecule has 0 aliphatic carbocycles. The van der Waals surface area contributed by atoms with Gasteiger partial charge in [0, 0.05) is 37.3 Å². The summed E-state index contributed by atoms with van der Waals surface area (Å²) in [4.78, 5) is 27.6. The highest BCUT2D eigenvalue weighted by Gasteiger charge is 2.36. The van der Waals surface area contributed by atoms with E-state index in [2.05, 4.69) is 16.3 Å². The smallest absolute Gasteiger partial charge is 0.251 e. The van der Waals surface area contributed by atoms with E-state index in [0.29, 0.717) is 35.7 Å². The molecule has 0 unspecified atom stereocenters. The first-order valence-electron chi connectivity index (χ1n) is 9.72. The van der Waals surface area contributed by atoms with Crippen LogP contribution < -0.4 is 11.3 Å². The van der Waals surface area contributed by atoms with Crippen molar-refractivity contribution in [3.05, 3.63) is 63.5 Å². The van der Waals surface area contributed by atoms with Crippen molar-refractivity contribution in [2.24, 2.45) is 5.92 Å². The third-order valence-corrected chi connectivity index (χ3v) is 6.55. The van der Waals surface area contributed by atoms with Crippen LogP contribution in [-0.4, -0.2) is 38.7 Å². The molecule has 1 aromatic carbocycles. The molecule has 3 aromatic rings. The maximum atomic E-state index is 12.8. The lowest BCUT2D eigenvalue weighted by Crippen LogP contribution is -2.49. The maximum absolute atomic E-state index is 12.8. The van der Waals surface area contributed by atoms with Gasteiger partial charge in [0.15, 0.2) is 0 Å². The standard InChI is InChI=1S/C21H21N5O2S/c22-21-24-23-18(29-21)9-19(27)25-10-13-6-16(12-25)17-7-15(8-20(28)26(17)11-13)14-4-2-1-3-5-14/h1-5,7-8,13,16H,6,9-12H2,(H2,22,24)/t13-,16+/m0/s1. The molecule has 7 nitrogen and oxygen atoms in total. The molecule has 2 atom stereocenters. The van der Waals surface area contributed by atoms with Crippen molar-refractivity contribution in [3.63, 3.8) is 0 Å². The van der Waals surface area contributed by atoms with Crippen LogP contribution in [0, 0.1) is 5.92 Å². The lowest BCUT2D eigenvalue weighted by atomic mass is 9.82. The largest absolute Gasteiger partial charge is 0.374 e. The molecule has 0 spiro atoms. The minimum atomic E-state index is 0.0418. The summed E-state index contributed by atoms with van der Waals surface area (Å²) in [5, 5.41) is 8.78. The van der Waals surface area contributed by atoms with Crippen LogP contribution in [0.15, 0.2) is 47.3 Å². The third kappa shape index (κ3) is 3.44. The van der Waals surface area contributed by atoms with E-state index in [0.717, 1.165) is 23.2 Å². The Bertz CT molecular complexity index is 1120. The number of hydrogen-bond acceptors (Lipinski definition) is 6.